The fourth-order valence-electron chi connectivity index (χ4n) is 2.81. The molecule has 3 aromatic rings. The lowest BCUT2D eigenvalue weighted by Crippen LogP contribution is -2.44. The molecule has 1 N–H and O–H groups in total. The summed E-state index contributed by atoms with van der Waals surface area (Å²) < 4.78 is 7.09. The Labute approximate surface area is 166 Å². The fourth-order valence-corrected chi connectivity index (χ4v) is 3.31. The van der Waals surface area contributed by atoms with Crippen LogP contribution in [0.1, 0.15) is 11.9 Å². The monoisotopic (exact) mass is 414 g/mol. The minimum Gasteiger partial charge on any atom is -0.334 e. The van der Waals surface area contributed by atoms with Gasteiger partial charge in [0.05, 0.1) is 28.5 Å². The Morgan fingerprint density at radius 1 is 1.31 bits per heavy atom. The van der Waals surface area contributed by atoms with Crippen LogP contribution in [0.25, 0.3) is 17.1 Å². The van der Waals surface area contributed by atoms with Gasteiger partial charge in [0, 0.05) is 30.9 Å². The zero-order valence-corrected chi connectivity index (χ0v) is 16.2. The summed E-state index contributed by atoms with van der Waals surface area (Å²) in [7, 11) is 2.06. The van der Waals surface area contributed by atoms with E-state index >= 15 is 0 Å². The largest absolute Gasteiger partial charge is 0.334 e. The Hall–Kier alpha value is -1.64. The van der Waals surface area contributed by atoms with Gasteiger partial charge >= 0.3 is 0 Å². The topological polar surface area (TPSA) is 72.0 Å². The van der Waals surface area contributed by atoms with Crippen molar-refractivity contribution < 1.29 is 4.52 Å². The van der Waals surface area contributed by atoms with Crippen molar-refractivity contribution in [2.75, 3.05) is 26.7 Å². The highest BCUT2D eigenvalue weighted by Gasteiger charge is 2.25. The number of aromatic nitrogens is 4. The van der Waals surface area contributed by atoms with Crippen LogP contribution < -0.4 is 5.32 Å². The molecule has 0 spiro atoms. The van der Waals surface area contributed by atoms with Crippen LogP contribution in [0.3, 0.4) is 0 Å². The predicted octanol–water partition coefficient (Wildman–Crippen LogP) is 3.23. The van der Waals surface area contributed by atoms with Crippen molar-refractivity contribution >= 4 is 35.6 Å². The molecule has 3 heterocycles. The van der Waals surface area contributed by atoms with Gasteiger partial charge in [-0.25, -0.2) is 4.68 Å². The first-order chi connectivity index (χ1) is 12.1. The second kappa shape index (κ2) is 7.94. The molecule has 1 aliphatic heterocycles. The molecule has 0 aliphatic carbocycles. The van der Waals surface area contributed by atoms with Crippen molar-refractivity contribution in [3.05, 3.63) is 46.5 Å². The quantitative estimate of drug-likeness (QED) is 0.708. The van der Waals surface area contributed by atoms with Crippen molar-refractivity contribution in [2.24, 2.45) is 0 Å². The van der Waals surface area contributed by atoms with E-state index in [1.807, 2.05) is 6.07 Å². The normalized spacial score (nSPS) is 17.9. The molecule has 1 aromatic carbocycles. The second-order valence-corrected chi connectivity index (χ2v) is 6.77. The molecule has 4 rings (SSSR count). The van der Waals surface area contributed by atoms with Crippen molar-refractivity contribution in [3.8, 4) is 17.1 Å². The van der Waals surface area contributed by atoms with E-state index in [-0.39, 0.29) is 18.4 Å². The minimum absolute atomic E-state index is 0. The van der Waals surface area contributed by atoms with E-state index in [4.69, 9.17) is 27.7 Å². The molecule has 1 saturated heterocycles. The highest BCUT2D eigenvalue weighted by Crippen LogP contribution is 2.27. The number of hydrogen-bond acceptors (Lipinski definition) is 6. The number of likely N-dealkylation sites (N-methyl/N-ethyl adjacent to an activating group) is 1. The van der Waals surface area contributed by atoms with Crippen molar-refractivity contribution in [1.29, 1.82) is 0 Å². The summed E-state index contributed by atoms with van der Waals surface area (Å²) in [6.07, 6.45) is 3.47. The highest BCUT2D eigenvalue weighted by atomic mass is 35.5. The summed E-state index contributed by atoms with van der Waals surface area (Å²) in [4.78, 5) is 6.74. The van der Waals surface area contributed by atoms with Crippen LogP contribution in [0.15, 0.2) is 35.1 Å². The van der Waals surface area contributed by atoms with E-state index in [0.717, 1.165) is 30.9 Å². The molecule has 1 unspecified atom stereocenters. The first kappa shape index (κ1) is 19.1. The molecule has 7 nitrogen and oxygen atoms in total. The van der Waals surface area contributed by atoms with Crippen LogP contribution in [0.4, 0.5) is 0 Å². The zero-order chi connectivity index (χ0) is 17.4. The zero-order valence-electron chi connectivity index (χ0n) is 13.9. The lowest BCUT2D eigenvalue weighted by atomic mass is 10.2. The van der Waals surface area contributed by atoms with Gasteiger partial charge in [-0.1, -0.05) is 28.4 Å². The predicted molar refractivity (Wildman–Crippen MR) is 102 cm³/mol. The number of nitrogens with one attached hydrogen (secondary N) is 1. The summed E-state index contributed by atoms with van der Waals surface area (Å²) in [5.41, 5.74) is 1.46. The van der Waals surface area contributed by atoms with Gasteiger partial charge in [0.1, 0.15) is 0 Å². The Balaban J connectivity index is 0.00000196. The molecule has 10 heteroatoms. The number of hydrogen-bond donors (Lipinski definition) is 1. The summed E-state index contributed by atoms with van der Waals surface area (Å²) in [5, 5.41) is 12.9. The number of nitrogens with zero attached hydrogens (tertiary/aromatic N) is 5. The van der Waals surface area contributed by atoms with E-state index in [1.54, 1.807) is 29.2 Å². The molecule has 1 fully saturated rings. The maximum Gasteiger partial charge on any atom is 0.261 e. The summed E-state index contributed by atoms with van der Waals surface area (Å²) in [5.74, 6) is 1.10. The van der Waals surface area contributed by atoms with Crippen molar-refractivity contribution in [3.63, 3.8) is 0 Å². The molecular weight excluding hydrogens is 399 g/mol. The molecule has 26 heavy (non-hydrogen) atoms. The van der Waals surface area contributed by atoms with Gasteiger partial charge in [-0.15, -0.1) is 12.4 Å². The van der Waals surface area contributed by atoms with E-state index in [9.17, 15) is 0 Å². The molecule has 0 saturated carbocycles. The fraction of sp³-hybridized carbons (Fsp3) is 0.312. The van der Waals surface area contributed by atoms with Gasteiger partial charge in [0.2, 0.25) is 0 Å². The van der Waals surface area contributed by atoms with Crippen LogP contribution >= 0.6 is 35.6 Å². The average molecular weight is 416 g/mol. The van der Waals surface area contributed by atoms with Crippen LogP contribution in [0.5, 0.6) is 0 Å². The first-order valence-corrected chi connectivity index (χ1v) is 8.62. The van der Waals surface area contributed by atoms with E-state index in [1.165, 1.54) is 0 Å². The highest BCUT2D eigenvalue weighted by molar-refractivity contribution is 6.35. The maximum absolute atomic E-state index is 6.23. The van der Waals surface area contributed by atoms with Gasteiger partial charge in [-0.3, -0.25) is 4.90 Å². The maximum atomic E-state index is 6.23. The van der Waals surface area contributed by atoms with Crippen molar-refractivity contribution in [2.45, 2.75) is 6.04 Å². The Morgan fingerprint density at radius 3 is 2.92 bits per heavy atom. The van der Waals surface area contributed by atoms with Crippen LogP contribution in [0, 0.1) is 0 Å². The van der Waals surface area contributed by atoms with Gasteiger partial charge < -0.3 is 9.84 Å². The standard InChI is InChI=1S/C16H16Cl2N6O.ClH/c1-23-5-4-19-8-14(23)15-21-16(25-22-15)10-7-20-24(9-10)13-3-2-11(17)6-12(13)18;/h2-3,6-7,9,14,19H,4-5,8H2,1H3;1H. The van der Waals surface area contributed by atoms with Gasteiger partial charge in [0.15, 0.2) is 5.82 Å². The third-order valence-electron chi connectivity index (χ3n) is 4.24. The lowest BCUT2D eigenvalue weighted by molar-refractivity contribution is 0.190. The minimum atomic E-state index is 0. The number of benzene rings is 1. The number of rotatable bonds is 3. The van der Waals surface area contributed by atoms with Crippen LogP contribution in [-0.4, -0.2) is 51.5 Å². The SMILES string of the molecule is CN1CCNCC1c1noc(-c2cnn(-c3ccc(Cl)cc3Cl)c2)n1.Cl. The van der Waals surface area contributed by atoms with Crippen molar-refractivity contribution in [1.82, 2.24) is 30.1 Å². The van der Waals surface area contributed by atoms with Crippen LogP contribution in [-0.2, 0) is 0 Å². The molecule has 0 amide bonds. The lowest BCUT2D eigenvalue weighted by Gasteiger charge is -2.30. The summed E-state index contributed by atoms with van der Waals surface area (Å²) in [6, 6.07) is 5.35. The van der Waals surface area contributed by atoms with E-state index < -0.39 is 0 Å². The summed E-state index contributed by atoms with van der Waals surface area (Å²) >= 11 is 12.2. The third kappa shape index (κ3) is 3.72. The van der Waals surface area contributed by atoms with Crippen LogP contribution in [0.2, 0.25) is 10.0 Å². The number of piperazine rings is 1. The molecular formula is C16H17Cl3N6O. The first-order valence-electron chi connectivity index (χ1n) is 7.87. The molecule has 0 radical (unpaired) electrons. The van der Waals surface area contributed by atoms with Gasteiger partial charge in [-0.05, 0) is 25.2 Å². The van der Waals surface area contributed by atoms with Gasteiger partial charge in [0.25, 0.3) is 5.89 Å². The molecule has 1 atom stereocenters. The average Bonchev–Trinajstić information content (AvgIpc) is 3.24. The van der Waals surface area contributed by atoms with E-state index in [0.29, 0.717) is 21.8 Å². The molecule has 138 valence electrons. The Kier molecular flexibility index (Phi) is 5.84. The molecule has 1 aliphatic rings. The third-order valence-corrected chi connectivity index (χ3v) is 4.77. The van der Waals surface area contributed by atoms with Gasteiger partial charge in [-0.2, -0.15) is 10.1 Å². The smallest absolute Gasteiger partial charge is 0.261 e. The molecule has 0 bridgehead atoms. The number of halogens is 3. The second-order valence-electron chi connectivity index (χ2n) is 5.93. The van der Waals surface area contributed by atoms with E-state index in [2.05, 4.69) is 32.5 Å². The summed E-state index contributed by atoms with van der Waals surface area (Å²) in [6.45, 7) is 2.71. The molecule has 2 aromatic heterocycles. The Morgan fingerprint density at radius 2 is 2.15 bits per heavy atom. The Bertz CT molecular complexity index is 896.